The zero-order valence-electron chi connectivity index (χ0n) is 10.8. The van der Waals surface area contributed by atoms with Crippen LogP contribution >= 0.6 is 15.9 Å². The maximum Gasteiger partial charge on any atom is 0.354 e. The Morgan fingerprint density at radius 2 is 1.90 bits per heavy atom. The summed E-state index contributed by atoms with van der Waals surface area (Å²) in [7, 11) is 0. The monoisotopic (exact) mass is 355 g/mol. The number of amides is 2. The van der Waals surface area contributed by atoms with Crippen LogP contribution in [0.25, 0.3) is 0 Å². The molecule has 110 valence electrons. The SMILES string of the molecule is Cc1cc(NC(=O)Nc2cc(F)ccc2Br)c(C(=O)O)[nH]1. The summed E-state index contributed by atoms with van der Waals surface area (Å²) in [6, 6.07) is 4.65. The molecule has 0 saturated heterocycles. The Balaban J connectivity index is 2.15. The Hall–Kier alpha value is -2.35. The topological polar surface area (TPSA) is 94.2 Å². The molecule has 6 nitrogen and oxygen atoms in total. The normalized spacial score (nSPS) is 10.2. The lowest BCUT2D eigenvalue weighted by atomic mass is 10.3. The minimum absolute atomic E-state index is 0.124. The van der Waals surface area contributed by atoms with E-state index in [1.807, 2.05) is 0 Å². The molecule has 1 aromatic carbocycles. The first-order valence-electron chi connectivity index (χ1n) is 5.83. The van der Waals surface area contributed by atoms with Gasteiger partial charge in [-0.15, -0.1) is 0 Å². The third-order valence-corrected chi connectivity index (χ3v) is 3.28. The van der Waals surface area contributed by atoms with E-state index in [0.717, 1.165) is 6.07 Å². The van der Waals surface area contributed by atoms with Crippen molar-refractivity contribution in [3.8, 4) is 0 Å². The second kappa shape index (κ2) is 5.96. The van der Waals surface area contributed by atoms with Gasteiger partial charge in [-0.05, 0) is 47.1 Å². The molecule has 0 aliphatic rings. The zero-order chi connectivity index (χ0) is 15.6. The van der Waals surface area contributed by atoms with Gasteiger partial charge in [-0.2, -0.15) is 0 Å². The lowest BCUT2D eigenvalue weighted by Gasteiger charge is -2.09. The number of H-pyrrole nitrogens is 1. The number of carboxylic acid groups (broad SMARTS) is 1. The van der Waals surface area contributed by atoms with E-state index < -0.39 is 17.8 Å². The van der Waals surface area contributed by atoms with Crippen molar-refractivity contribution in [2.75, 3.05) is 10.6 Å². The predicted octanol–water partition coefficient (Wildman–Crippen LogP) is 3.57. The number of aromatic nitrogens is 1. The number of anilines is 2. The van der Waals surface area contributed by atoms with Crippen LogP contribution in [-0.2, 0) is 0 Å². The second-order valence-corrected chi connectivity index (χ2v) is 5.10. The number of benzene rings is 1. The summed E-state index contributed by atoms with van der Waals surface area (Å²) in [6.45, 7) is 1.67. The molecule has 1 aromatic heterocycles. The first-order valence-corrected chi connectivity index (χ1v) is 6.62. The highest BCUT2D eigenvalue weighted by Crippen LogP contribution is 2.23. The first kappa shape index (κ1) is 15.0. The lowest BCUT2D eigenvalue weighted by Crippen LogP contribution is -2.20. The molecule has 0 bridgehead atoms. The Labute approximate surface area is 127 Å². The molecule has 2 aromatic rings. The Morgan fingerprint density at radius 3 is 2.57 bits per heavy atom. The molecule has 0 fully saturated rings. The van der Waals surface area contributed by atoms with Gasteiger partial charge in [-0.1, -0.05) is 0 Å². The van der Waals surface area contributed by atoms with E-state index in [0.29, 0.717) is 10.2 Å². The van der Waals surface area contributed by atoms with Crippen molar-refractivity contribution in [1.82, 2.24) is 4.98 Å². The number of carbonyl (C=O) groups is 2. The standard InChI is InChI=1S/C13H11BrFN3O3/c1-6-4-10(11(16-6)12(19)20)18-13(21)17-9-5-7(15)2-3-8(9)14/h2-5,16H,1H3,(H,19,20)(H2,17,18,21). The van der Waals surface area contributed by atoms with Crippen molar-refractivity contribution < 1.29 is 19.1 Å². The van der Waals surface area contributed by atoms with Crippen molar-refractivity contribution in [1.29, 1.82) is 0 Å². The number of hydrogen-bond donors (Lipinski definition) is 4. The molecule has 0 saturated carbocycles. The summed E-state index contributed by atoms with van der Waals surface area (Å²) in [5.74, 6) is -1.69. The number of carboxylic acids is 1. The fourth-order valence-corrected chi connectivity index (χ4v) is 2.07. The number of aryl methyl sites for hydroxylation is 1. The Morgan fingerprint density at radius 1 is 1.24 bits per heavy atom. The fourth-order valence-electron chi connectivity index (χ4n) is 1.73. The van der Waals surface area contributed by atoms with Crippen molar-refractivity contribution in [3.05, 3.63) is 45.9 Å². The number of hydrogen-bond acceptors (Lipinski definition) is 2. The third-order valence-electron chi connectivity index (χ3n) is 2.59. The molecule has 0 spiro atoms. The van der Waals surface area contributed by atoms with E-state index >= 15 is 0 Å². The molecule has 21 heavy (non-hydrogen) atoms. The third kappa shape index (κ3) is 3.60. The van der Waals surface area contributed by atoms with E-state index in [1.165, 1.54) is 18.2 Å². The van der Waals surface area contributed by atoms with Crippen LogP contribution in [0, 0.1) is 12.7 Å². The van der Waals surface area contributed by atoms with Gasteiger partial charge in [0.2, 0.25) is 0 Å². The Bertz CT molecular complexity index is 715. The number of halogens is 2. The van der Waals surface area contributed by atoms with Gasteiger partial charge in [0, 0.05) is 10.2 Å². The van der Waals surface area contributed by atoms with Crippen LogP contribution in [0.4, 0.5) is 20.6 Å². The number of urea groups is 1. The van der Waals surface area contributed by atoms with Crippen molar-refractivity contribution in [2.24, 2.45) is 0 Å². The lowest BCUT2D eigenvalue weighted by molar-refractivity contribution is 0.0692. The molecule has 2 amide bonds. The van der Waals surface area contributed by atoms with Crippen molar-refractivity contribution >= 4 is 39.3 Å². The molecule has 8 heteroatoms. The van der Waals surface area contributed by atoms with E-state index in [4.69, 9.17) is 5.11 Å². The average Bonchev–Trinajstić information content (AvgIpc) is 2.75. The van der Waals surface area contributed by atoms with Gasteiger partial charge >= 0.3 is 12.0 Å². The van der Waals surface area contributed by atoms with Gasteiger partial charge in [-0.3, -0.25) is 0 Å². The minimum Gasteiger partial charge on any atom is -0.477 e. The largest absolute Gasteiger partial charge is 0.477 e. The molecule has 0 atom stereocenters. The predicted molar refractivity (Wildman–Crippen MR) is 79.2 cm³/mol. The van der Waals surface area contributed by atoms with Crippen LogP contribution in [0.15, 0.2) is 28.7 Å². The quantitative estimate of drug-likeness (QED) is 0.677. The van der Waals surface area contributed by atoms with Crippen LogP contribution in [0.1, 0.15) is 16.2 Å². The van der Waals surface area contributed by atoms with Crippen LogP contribution in [0.3, 0.4) is 0 Å². The summed E-state index contributed by atoms with van der Waals surface area (Å²) < 4.78 is 13.6. The smallest absolute Gasteiger partial charge is 0.354 e. The summed E-state index contributed by atoms with van der Waals surface area (Å²) in [5.41, 5.74) is 0.831. The summed E-state index contributed by atoms with van der Waals surface area (Å²) >= 11 is 3.18. The number of rotatable bonds is 3. The number of carbonyl (C=O) groups excluding carboxylic acids is 1. The first-order chi connectivity index (χ1) is 9.86. The summed E-state index contributed by atoms with van der Waals surface area (Å²) in [5, 5.41) is 13.8. The van der Waals surface area contributed by atoms with E-state index in [9.17, 15) is 14.0 Å². The zero-order valence-corrected chi connectivity index (χ0v) is 12.4. The fraction of sp³-hybridized carbons (Fsp3) is 0.0769. The maximum absolute atomic E-state index is 13.1. The summed E-state index contributed by atoms with van der Waals surface area (Å²) in [4.78, 5) is 25.5. The molecule has 0 unspecified atom stereocenters. The van der Waals surface area contributed by atoms with Crippen LogP contribution < -0.4 is 10.6 Å². The van der Waals surface area contributed by atoms with Gasteiger partial charge in [0.25, 0.3) is 0 Å². The molecular formula is C13H11BrFN3O3. The number of nitrogens with one attached hydrogen (secondary N) is 3. The molecular weight excluding hydrogens is 345 g/mol. The molecule has 1 heterocycles. The van der Waals surface area contributed by atoms with Crippen molar-refractivity contribution in [3.63, 3.8) is 0 Å². The highest BCUT2D eigenvalue weighted by atomic mass is 79.9. The van der Waals surface area contributed by atoms with Gasteiger partial charge < -0.3 is 20.7 Å². The average molecular weight is 356 g/mol. The minimum atomic E-state index is -1.19. The highest BCUT2D eigenvalue weighted by molar-refractivity contribution is 9.10. The van der Waals surface area contributed by atoms with Crippen LogP contribution in [-0.4, -0.2) is 22.1 Å². The number of aromatic carboxylic acids is 1. The Kier molecular flexibility index (Phi) is 4.27. The highest BCUT2D eigenvalue weighted by Gasteiger charge is 2.16. The molecule has 0 radical (unpaired) electrons. The van der Waals surface area contributed by atoms with E-state index in [-0.39, 0.29) is 17.1 Å². The molecule has 0 aliphatic heterocycles. The van der Waals surface area contributed by atoms with Crippen molar-refractivity contribution in [2.45, 2.75) is 6.92 Å². The maximum atomic E-state index is 13.1. The summed E-state index contributed by atoms with van der Waals surface area (Å²) in [6.07, 6.45) is 0. The second-order valence-electron chi connectivity index (χ2n) is 4.25. The molecule has 4 N–H and O–H groups in total. The van der Waals surface area contributed by atoms with Crippen LogP contribution in [0.5, 0.6) is 0 Å². The van der Waals surface area contributed by atoms with Gasteiger partial charge in [0.15, 0.2) is 0 Å². The van der Waals surface area contributed by atoms with E-state index in [1.54, 1.807) is 6.92 Å². The van der Waals surface area contributed by atoms with Crippen LogP contribution in [0.2, 0.25) is 0 Å². The number of aromatic amines is 1. The van der Waals surface area contributed by atoms with Gasteiger partial charge in [0.05, 0.1) is 11.4 Å². The molecule has 0 aliphatic carbocycles. The molecule has 2 rings (SSSR count). The van der Waals surface area contributed by atoms with Gasteiger partial charge in [0.1, 0.15) is 11.5 Å². The van der Waals surface area contributed by atoms with E-state index in [2.05, 4.69) is 31.5 Å². The van der Waals surface area contributed by atoms with Gasteiger partial charge in [-0.25, -0.2) is 14.0 Å².